The number of H-pyrrole nitrogens is 1. The average molecular weight is 381 g/mol. The van der Waals surface area contributed by atoms with Crippen molar-refractivity contribution in [3.8, 4) is 11.3 Å². The molecule has 3 aromatic rings. The van der Waals surface area contributed by atoms with Crippen molar-refractivity contribution in [1.82, 2.24) is 10.1 Å². The summed E-state index contributed by atoms with van der Waals surface area (Å²) in [6, 6.07) is 14.1. The van der Waals surface area contributed by atoms with E-state index in [-0.39, 0.29) is 11.1 Å². The molecule has 3 N–H and O–H groups in total. The van der Waals surface area contributed by atoms with E-state index >= 15 is 0 Å². The lowest BCUT2D eigenvalue weighted by Gasteiger charge is -2.22. The summed E-state index contributed by atoms with van der Waals surface area (Å²) < 4.78 is 1.68. The predicted molar refractivity (Wildman–Crippen MR) is 102 cm³/mol. The van der Waals surface area contributed by atoms with Crippen LogP contribution in [0.2, 0.25) is 0 Å². The van der Waals surface area contributed by atoms with Gasteiger partial charge in [-0.15, -0.1) is 0 Å². The zero-order valence-corrected chi connectivity index (χ0v) is 15.3. The Hall–Kier alpha value is -3.13. The first-order valence-corrected chi connectivity index (χ1v) is 9.45. The third-order valence-corrected chi connectivity index (χ3v) is 5.08. The van der Waals surface area contributed by atoms with Crippen LogP contribution in [0.15, 0.2) is 58.5 Å². The van der Waals surface area contributed by atoms with E-state index in [1.54, 1.807) is 28.9 Å². The van der Waals surface area contributed by atoms with E-state index in [0.29, 0.717) is 10.9 Å². The zero-order valence-electron chi connectivity index (χ0n) is 14.5. The van der Waals surface area contributed by atoms with Crippen LogP contribution in [-0.2, 0) is 0 Å². The molecule has 8 heteroatoms. The number of thioether (sulfide) groups is 1. The number of hydrogen-bond donors (Lipinski definition) is 3. The van der Waals surface area contributed by atoms with Crippen molar-refractivity contribution in [3.63, 3.8) is 0 Å². The molecule has 1 aliphatic rings. The number of aromatic carboxylic acids is 1. The zero-order chi connectivity index (χ0) is 19.0. The van der Waals surface area contributed by atoms with Crippen molar-refractivity contribution < 1.29 is 14.6 Å². The van der Waals surface area contributed by atoms with Crippen molar-refractivity contribution in [1.29, 1.82) is 0 Å². The number of aromatic amines is 1. The van der Waals surface area contributed by atoms with Gasteiger partial charge in [0.25, 0.3) is 6.17 Å². The van der Waals surface area contributed by atoms with Gasteiger partial charge in [-0.1, -0.05) is 30.8 Å². The van der Waals surface area contributed by atoms with E-state index in [0.717, 1.165) is 22.6 Å². The Kier molecular flexibility index (Phi) is 4.41. The van der Waals surface area contributed by atoms with E-state index in [4.69, 9.17) is 5.11 Å². The number of para-hydroxylation sites is 1. The van der Waals surface area contributed by atoms with Crippen LogP contribution in [0.25, 0.3) is 11.3 Å². The van der Waals surface area contributed by atoms with Crippen LogP contribution >= 0.6 is 11.8 Å². The van der Waals surface area contributed by atoms with Gasteiger partial charge in [0.15, 0.2) is 0 Å². The minimum atomic E-state index is -0.979. The largest absolute Gasteiger partial charge is 0.478 e. The van der Waals surface area contributed by atoms with Gasteiger partial charge in [0.1, 0.15) is 0 Å². The fourth-order valence-corrected chi connectivity index (χ4v) is 3.71. The lowest BCUT2D eigenvalue weighted by Crippen LogP contribution is -2.55. The van der Waals surface area contributed by atoms with Gasteiger partial charge in [-0.25, -0.2) is 4.79 Å². The quantitative estimate of drug-likeness (QED) is 0.474. The minimum absolute atomic E-state index is 0.206. The predicted octanol–water partition coefficient (Wildman–Crippen LogP) is 2.51. The highest BCUT2D eigenvalue weighted by Gasteiger charge is 2.37. The first kappa shape index (κ1) is 17.3. The lowest BCUT2D eigenvalue weighted by molar-refractivity contribution is -0.759. The molecule has 0 saturated heterocycles. The highest BCUT2D eigenvalue weighted by Crippen LogP contribution is 2.31. The lowest BCUT2D eigenvalue weighted by atomic mass is 10.0. The average Bonchev–Trinajstić information content (AvgIpc) is 2.67. The summed E-state index contributed by atoms with van der Waals surface area (Å²) in [6.45, 7) is 1.99. The first-order chi connectivity index (χ1) is 13.1. The molecule has 0 amide bonds. The molecule has 0 bridgehead atoms. The third-order valence-electron chi connectivity index (χ3n) is 4.34. The maximum absolute atomic E-state index is 12.8. The van der Waals surface area contributed by atoms with Gasteiger partial charge in [-0.05, 0) is 46.8 Å². The number of aromatic nitrogens is 3. The summed E-state index contributed by atoms with van der Waals surface area (Å²) in [7, 11) is 0. The number of carboxylic acid groups (broad SMARTS) is 1. The molecule has 1 aliphatic heterocycles. The second-order valence-corrected chi connectivity index (χ2v) is 7.26. The molecular formula is C19H17N4O3S+. The molecule has 27 heavy (non-hydrogen) atoms. The minimum Gasteiger partial charge on any atom is -0.478 e. The number of nitrogens with zero attached hydrogens (tertiary/aromatic N) is 2. The molecule has 136 valence electrons. The molecule has 0 unspecified atom stereocenters. The van der Waals surface area contributed by atoms with Gasteiger partial charge in [0.2, 0.25) is 5.16 Å². The van der Waals surface area contributed by atoms with Crippen LogP contribution in [0.4, 0.5) is 5.69 Å². The van der Waals surface area contributed by atoms with Crippen LogP contribution in [0.1, 0.15) is 29.0 Å². The molecule has 0 aliphatic carbocycles. The standard InChI is InChI=1S/C19H16N4O3S/c1-2-27-19-21-17(24)15-13-5-3-4-6-14(13)20-16(23(15)22-19)11-7-9-12(10-8-11)18(25)26/h3-10,16H,2H2,1H3,(H2,21,22,24,25,26)/p+1/t16-/m1/s1. The SMILES string of the molecule is CCSc1n[n+]2c(c(=O)[nH]1)-c1ccccc1N[C@H]2c1ccc(C(=O)O)cc1. The summed E-state index contributed by atoms with van der Waals surface area (Å²) in [5.74, 6) is -0.197. The van der Waals surface area contributed by atoms with Gasteiger partial charge >= 0.3 is 17.2 Å². The Balaban J connectivity index is 1.90. The van der Waals surface area contributed by atoms with E-state index in [2.05, 4.69) is 15.4 Å². The number of nitrogens with one attached hydrogen (secondary N) is 2. The molecule has 0 radical (unpaired) electrons. The fourth-order valence-electron chi connectivity index (χ4n) is 3.12. The maximum Gasteiger partial charge on any atom is 0.335 e. The molecule has 4 rings (SSSR count). The van der Waals surface area contributed by atoms with Crippen LogP contribution in [0.5, 0.6) is 0 Å². The number of carboxylic acids is 1. The molecule has 2 aromatic carbocycles. The molecule has 2 heterocycles. The highest BCUT2D eigenvalue weighted by molar-refractivity contribution is 7.99. The summed E-state index contributed by atoms with van der Waals surface area (Å²) in [5.41, 5.74) is 2.89. The van der Waals surface area contributed by atoms with Crippen molar-refractivity contribution in [2.24, 2.45) is 0 Å². The summed E-state index contributed by atoms with van der Waals surface area (Å²) >= 11 is 1.45. The summed E-state index contributed by atoms with van der Waals surface area (Å²) in [4.78, 5) is 26.8. The Morgan fingerprint density at radius 1 is 1.22 bits per heavy atom. The van der Waals surface area contributed by atoms with Gasteiger partial charge in [0, 0.05) is 10.7 Å². The maximum atomic E-state index is 12.8. The molecule has 0 fully saturated rings. The van der Waals surface area contributed by atoms with Crippen LogP contribution in [-0.4, -0.2) is 26.9 Å². The number of fused-ring (bicyclic) bond motifs is 3. The molecule has 0 spiro atoms. The number of anilines is 1. The van der Waals surface area contributed by atoms with Gasteiger partial charge < -0.3 is 10.4 Å². The van der Waals surface area contributed by atoms with Crippen molar-refractivity contribution >= 4 is 23.4 Å². The normalized spacial score (nSPS) is 14.8. The van der Waals surface area contributed by atoms with Gasteiger partial charge in [-0.3, -0.25) is 9.78 Å². The van der Waals surface area contributed by atoms with Gasteiger partial charge in [-0.2, -0.15) is 0 Å². The van der Waals surface area contributed by atoms with Crippen molar-refractivity contribution in [3.05, 3.63) is 70.0 Å². The van der Waals surface area contributed by atoms with E-state index in [1.165, 1.54) is 11.8 Å². The Morgan fingerprint density at radius 3 is 2.67 bits per heavy atom. The second kappa shape index (κ2) is 6.88. The van der Waals surface area contributed by atoms with Crippen LogP contribution < -0.4 is 15.6 Å². The first-order valence-electron chi connectivity index (χ1n) is 8.46. The summed E-state index contributed by atoms with van der Waals surface area (Å²) in [6.07, 6.45) is -0.420. The molecule has 1 aromatic heterocycles. The van der Waals surface area contributed by atoms with E-state index in [9.17, 15) is 9.59 Å². The smallest absolute Gasteiger partial charge is 0.335 e. The molecule has 1 atom stereocenters. The number of benzene rings is 2. The third kappa shape index (κ3) is 3.08. The highest BCUT2D eigenvalue weighted by atomic mass is 32.2. The topological polar surface area (TPSA) is 99.0 Å². The fraction of sp³-hybridized carbons (Fsp3) is 0.158. The molecular weight excluding hydrogens is 364 g/mol. The van der Waals surface area contributed by atoms with Crippen molar-refractivity contribution in [2.45, 2.75) is 18.2 Å². The van der Waals surface area contributed by atoms with Gasteiger partial charge in [0.05, 0.1) is 16.8 Å². The number of rotatable bonds is 4. The van der Waals surface area contributed by atoms with E-state index in [1.807, 2.05) is 31.2 Å². The van der Waals surface area contributed by atoms with Crippen molar-refractivity contribution in [2.75, 3.05) is 11.1 Å². The van der Waals surface area contributed by atoms with E-state index < -0.39 is 12.1 Å². The van der Waals surface area contributed by atoms with Crippen LogP contribution in [0, 0.1) is 0 Å². The second-order valence-electron chi connectivity index (χ2n) is 6.01. The molecule has 7 nitrogen and oxygen atoms in total. The Labute approximate surface area is 159 Å². The summed E-state index contributed by atoms with van der Waals surface area (Å²) in [5, 5.41) is 17.7. The Bertz CT molecular complexity index is 1080. The molecule has 0 saturated carbocycles. The monoisotopic (exact) mass is 381 g/mol. The Morgan fingerprint density at radius 2 is 1.96 bits per heavy atom. The number of hydrogen-bond acceptors (Lipinski definition) is 5. The number of carbonyl (C=O) groups is 1. The van der Waals surface area contributed by atoms with Crippen LogP contribution in [0.3, 0.4) is 0 Å².